The summed E-state index contributed by atoms with van der Waals surface area (Å²) in [5.41, 5.74) is 4.11. The van der Waals surface area contributed by atoms with Crippen molar-refractivity contribution in [1.82, 2.24) is 9.80 Å². The largest absolute Gasteiger partial charge is 0.508 e. The van der Waals surface area contributed by atoms with Crippen LogP contribution in [0, 0.1) is 0 Å². The van der Waals surface area contributed by atoms with Gasteiger partial charge in [-0.15, -0.1) is 0 Å². The number of carbonyl (C=O) groups is 2. The average Bonchev–Trinajstić information content (AvgIpc) is 3.36. The van der Waals surface area contributed by atoms with E-state index < -0.39 is 0 Å². The normalized spacial score (nSPS) is 16.8. The van der Waals surface area contributed by atoms with E-state index in [1.165, 1.54) is 11.6 Å². The van der Waals surface area contributed by atoms with Gasteiger partial charge >= 0.3 is 0 Å². The predicted octanol–water partition coefficient (Wildman–Crippen LogP) is 3.91. The molecule has 0 unspecified atom stereocenters. The van der Waals surface area contributed by atoms with E-state index in [1.807, 2.05) is 47.4 Å². The summed E-state index contributed by atoms with van der Waals surface area (Å²) in [6, 6.07) is 18.3. The first-order valence-electron chi connectivity index (χ1n) is 12.5. The lowest BCUT2D eigenvalue weighted by Crippen LogP contribution is -2.37. The third-order valence-electron chi connectivity index (χ3n) is 7.07. The van der Waals surface area contributed by atoms with Crippen LogP contribution < -0.4 is 10.1 Å². The number of amides is 2. The van der Waals surface area contributed by atoms with Crippen molar-refractivity contribution in [2.75, 3.05) is 25.0 Å². The van der Waals surface area contributed by atoms with Crippen LogP contribution in [-0.2, 0) is 24.4 Å². The molecule has 5 rings (SSSR count). The number of nitrogens with one attached hydrogen (secondary N) is 1. The maximum atomic E-state index is 13.7. The van der Waals surface area contributed by atoms with Crippen molar-refractivity contribution < 1.29 is 24.5 Å². The molecule has 0 bridgehead atoms. The van der Waals surface area contributed by atoms with Crippen molar-refractivity contribution in [3.8, 4) is 17.2 Å². The molecular formula is C29H31N3O5. The highest BCUT2D eigenvalue weighted by atomic mass is 16.5. The Morgan fingerprint density at radius 2 is 1.84 bits per heavy atom. The van der Waals surface area contributed by atoms with Gasteiger partial charge in [-0.05, 0) is 35.6 Å². The molecule has 0 saturated carbocycles. The number of nitrogens with zero attached hydrogens (tertiary/aromatic N) is 2. The van der Waals surface area contributed by atoms with Crippen LogP contribution >= 0.6 is 0 Å². The quantitative estimate of drug-likeness (QED) is 0.473. The number of fused-ring (bicyclic) bond motifs is 1. The summed E-state index contributed by atoms with van der Waals surface area (Å²) in [7, 11) is 0. The summed E-state index contributed by atoms with van der Waals surface area (Å²) in [5, 5.41) is 24.3. The van der Waals surface area contributed by atoms with Gasteiger partial charge in [-0.3, -0.25) is 9.59 Å². The molecule has 0 spiro atoms. The van der Waals surface area contributed by atoms with E-state index in [0.717, 1.165) is 35.8 Å². The van der Waals surface area contributed by atoms with Crippen LogP contribution in [0.1, 0.15) is 40.4 Å². The first-order chi connectivity index (χ1) is 17.9. The van der Waals surface area contributed by atoms with E-state index in [2.05, 4.69) is 11.4 Å². The molecule has 8 nitrogen and oxygen atoms in total. The minimum Gasteiger partial charge on any atom is -0.508 e. The Hall–Kier alpha value is -4.20. The Bertz CT molecular complexity index is 1310. The van der Waals surface area contributed by atoms with Gasteiger partial charge in [0.15, 0.2) is 0 Å². The van der Waals surface area contributed by atoms with Crippen molar-refractivity contribution in [3.63, 3.8) is 0 Å². The third-order valence-corrected chi connectivity index (χ3v) is 7.07. The fourth-order valence-corrected chi connectivity index (χ4v) is 5.08. The molecule has 1 atom stereocenters. The van der Waals surface area contributed by atoms with E-state index in [1.54, 1.807) is 11.8 Å². The molecule has 2 aliphatic heterocycles. The summed E-state index contributed by atoms with van der Waals surface area (Å²) >= 11 is 0. The smallest absolute Gasteiger partial charge is 0.261 e. The number of benzene rings is 3. The maximum absolute atomic E-state index is 13.7. The van der Waals surface area contributed by atoms with Crippen LogP contribution in [0.4, 0.5) is 5.69 Å². The molecule has 3 aromatic rings. The van der Waals surface area contributed by atoms with Gasteiger partial charge in [0.2, 0.25) is 5.91 Å². The average molecular weight is 502 g/mol. The molecule has 0 aromatic heterocycles. The monoisotopic (exact) mass is 501 g/mol. The summed E-state index contributed by atoms with van der Waals surface area (Å²) in [6.07, 6.45) is 1.55. The zero-order valence-corrected chi connectivity index (χ0v) is 20.8. The molecule has 2 amide bonds. The summed E-state index contributed by atoms with van der Waals surface area (Å²) in [4.78, 5) is 29.0. The molecule has 3 N–H and O–H groups in total. The van der Waals surface area contributed by atoms with Gasteiger partial charge in [-0.1, -0.05) is 42.5 Å². The Labute approximate surface area is 216 Å². The van der Waals surface area contributed by atoms with Crippen molar-refractivity contribution in [2.45, 2.75) is 39.0 Å². The van der Waals surface area contributed by atoms with Crippen LogP contribution in [-0.4, -0.2) is 57.5 Å². The number of likely N-dealkylation sites (tertiary alicyclic amines) is 1. The minimum atomic E-state index is -0.357. The highest BCUT2D eigenvalue weighted by Crippen LogP contribution is 2.36. The number of ether oxygens (including phenoxy) is 1. The van der Waals surface area contributed by atoms with Gasteiger partial charge < -0.3 is 30.1 Å². The molecular weight excluding hydrogens is 470 g/mol. The second-order valence-corrected chi connectivity index (χ2v) is 9.63. The molecule has 8 heteroatoms. The van der Waals surface area contributed by atoms with E-state index in [4.69, 9.17) is 4.74 Å². The summed E-state index contributed by atoms with van der Waals surface area (Å²) < 4.78 is 5.90. The second kappa shape index (κ2) is 10.4. The van der Waals surface area contributed by atoms with Crippen molar-refractivity contribution in [2.24, 2.45) is 0 Å². The topological polar surface area (TPSA) is 102 Å². The number of hydrogen-bond acceptors (Lipinski definition) is 6. The van der Waals surface area contributed by atoms with Crippen molar-refractivity contribution in [3.05, 3.63) is 82.9 Å². The van der Waals surface area contributed by atoms with Crippen LogP contribution in [0.15, 0.2) is 60.7 Å². The van der Waals surface area contributed by atoms with E-state index >= 15 is 0 Å². The Kier molecular flexibility index (Phi) is 6.90. The molecule has 2 heterocycles. The second-order valence-electron chi connectivity index (χ2n) is 9.63. The number of carbonyl (C=O) groups excluding carboxylic acids is 2. The molecule has 0 radical (unpaired) electrons. The number of aromatic hydroxyl groups is 2. The SMILES string of the molecule is CC(=O)N1CC[C@H](Nc2cccc3c2CN(C(=O)c2c(O)cc(O)cc2OCc2ccccc2)CC3)C1. The molecule has 2 aliphatic rings. The first-order valence-corrected chi connectivity index (χ1v) is 12.5. The van der Waals surface area contributed by atoms with Gasteiger partial charge in [0, 0.05) is 57.0 Å². The molecule has 37 heavy (non-hydrogen) atoms. The predicted molar refractivity (Wildman–Crippen MR) is 140 cm³/mol. The van der Waals surface area contributed by atoms with Gasteiger partial charge in [0.25, 0.3) is 5.91 Å². The Morgan fingerprint density at radius 1 is 1.03 bits per heavy atom. The first kappa shape index (κ1) is 24.5. The van der Waals surface area contributed by atoms with Crippen molar-refractivity contribution in [1.29, 1.82) is 0 Å². The molecule has 3 aromatic carbocycles. The number of phenolic OH excluding ortho intramolecular Hbond substituents is 2. The Morgan fingerprint density at radius 3 is 2.59 bits per heavy atom. The highest BCUT2D eigenvalue weighted by molar-refractivity contribution is 6.00. The van der Waals surface area contributed by atoms with Crippen LogP contribution in [0.25, 0.3) is 0 Å². The molecule has 0 aliphatic carbocycles. The van der Waals surface area contributed by atoms with Crippen molar-refractivity contribution >= 4 is 17.5 Å². The fraction of sp³-hybridized carbons (Fsp3) is 0.310. The fourth-order valence-electron chi connectivity index (χ4n) is 5.08. The number of anilines is 1. The standard InChI is InChI=1S/C29H31N3O5/c1-19(33)31-13-11-22(16-31)30-25-9-5-8-21-10-12-32(17-24(21)25)29(36)28-26(35)14-23(34)15-27(28)37-18-20-6-3-2-4-7-20/h2-9,14-15,22,30,34-35H,10-13,16-18H2,1H3/t22-/m0/s1. The van der Waals surface area contributed by atoms with Gasteiger partial charge in [-0.25, -0.2) is 0 Å². The zero-order valence-electron chi connectivity index (χ0n) is 20.8. The highest BCUT2D eigenvalue weighted by Gasteiger charge is 2.30. The van der Waals surface area contributed by atoms with Gasteiger partial charge in [0.05, 0.1) is 0 Å². The van der Waals surface area contributed by atoms with E-state index in [0.29, 0.717) is 26.1 Å². The summed E-state index contributed by atoms with van der Waals surface area (Å²) in [5.74, 6) is -0.636. The summed E-state index contributed by atoms with van der Waals surface area (Å²) in [6.45, 7) is 4.05. The lowest BCUT2D eigenvalue weighted by Gasteiger charge is -2.32. The van der Waals surface area contributed by atoms with E-state index in [-0.39, 0.29) is 47.3 Å². The van der Waals surface area contributed by atoms with Crippen LogP contribution in [0.2, 0.25) is 0 Å². The number of hydrogen-bond donors (Lipinski definition) is 3. The number of phenols is 2. The molecule has 192 valence electrons. The molecule has 1 saturated heterocycles. The van der Waals surface area contributed by atoms with E-state index in [9.17, 15) is 19.8 Å². The zero-order chi connectivity index (χ0) is 25.9. The minimum absolute atomic E-state index is 0.0375. The number of rotatable bonds is 6. The third kappa shape index (κ3) is 5.33. The maximum Gasteiger partial charge on any atom is 0.261 e. The Balaban J connectivity index is 1.36. The van der Waals surface area contributed by atoms with Crippen LogP contribution in [0.5, 0.6) is 17.2 Å². The molecule has 1 fully saturated rings. The van der Waals surface area contributed by atoms with Gasteiger partial charge in [-0.2, -0.15) is 0 Å². The van der Waals surface area contributed by atoms with Crippen LogP contribution in [0.3, 0.4) is 0 Å². The lowest BCUT2D eigenvalue weighted by molar-refractivity contribution is -0.127. The lowest BCUT2D eigenvalue weighted by atomic mass is 9.96. The van der Waals surface area contributed by atoms with Gasteiger partial charge in [0.1, 0.15) is 29.4 Å².